The summed E-state index contributed by atoms with van der Waals surface area (Å²) in [5.74, 6) is 5.65. The Bertz CT molecular complexity index is 410. The Labute approximate surface area is 127 Å². The van der Waals surface area contributed by atoms with Gasteiger partial charge in [0.15, 0.2) is 0 Å². The molecule has 5 heteroatoms. The molecule has 1 aliphatic heterocycles. The van der Waals surface area contributed by atoms with Crippen molar-refractivity contribution in [2.24, 2.45) is 5.84 Å². The first-order valence-corrected chi connectivity index (χ1v) is 7.90. The van der Waals surface area contributed by atoms with Crippen LogP contribution in [0.2, 0.25) is 5.02 Å². The summed E-state index contributed by atoms with van der Waals surface area (Å²) in [7, 11) is 0. The van der Waals surface area contributed by atoms with Gasteiger partial charge in [-0.1, -0.05) is 33.6 Å². The average molecular weight is 348 g/mol. The molecule has 1 aromatic carbocycles. The lowest BCUT2D eigenvalue weighted by Crippen LogP contribution is -2.28. The molecular formula is C14H20BrClN2O. The molecule has 106 valence electrons. The minimum atomic E-state index is 0.0991. The molecule has 2 rings (SSSR count). The van der Waals surface area contributed by atoms with Crippen LogP contribution in [0.1, 0.15) is 43.7 Å². The van der Waals surface area contributed by atoms with Crippen molar-refractivity contribution in [1.82, 2.24) is 5.43 Å². The van der Waals surface area contributed by atoms with Crippen molar-refractivity contribution in [3.05, 3.63) is 33.3 Å². The Balaban J connectivity index is 1.88. The average Bonchev–Trinajstić information content (AvgIpc) is 2.89. The Hall–Kier alpha value is -0.130. The van der Waals surface area contributed by atoms with E-state index in [-0.39, 0.29) is 6.04 Å². The number of hydrazine groups is 1. The fourth-order valence-electron chi connectivity index (χ4n) is 2.53. The summed E-state index contributed by atoms with van der Waals surface area (Å²) in [6.45, 7) is 0.918. The molecule has 1 heterocycles. The van der Waals surface area contributed by atoms with Crippen LogP contribution < -0.4 is 11.3 Å². The van der Waals surface area contributed by atoms with E-state index in [9.17, 15) is 0 Å². The molecule has 0 aromatic heterocycles. The number of rotatable bonds is 6. The normalized spacial score (nSPS) is 20.7. The van der Waals surface area contributed by atoms with Crippen molar-refractivity contribution >= 4 is 27.5 Å². The van der Waals surface area contributed by atoms with E-state index in [4.69, 9.17) is 22.2 Å². The highest BCUT2D eigenvalue weighted by atomic mass is 79.9. The zero-order valence-electron chi connectivity index (χ0n) is 10.9. The zero-order valence-corrected chi connectivity index (χ0v) is 13.2. The number of benzene rings is 1. The summed E-state index contributed by atoms with van der Waals surface area (Å²) in [5, 5.41) is 0.745. The predicted octanol–water partition coefficient (Wildman–Crippen LogP) is 3.96. The van der Waals surface area contributed by atoms with E-state index in [1.54, 1.807) is 0 Å². The van der Waals surface area contributed by atoms with Gasteiger partial charge in [0.2, 0.25) is 0 Å². The van der Waals surface area contributed by atoms with Crippen LogP contribution in [0.5, 0.6) is 0 Å². The summed E-state index contributed by atoms with van der Waals surface area (Å²) in [6, 6.07) is 6.01. The third-order valence-corrected chi connectivity index (χ3v) is 4.40. The summed E-state index contributed by atoms with van der Waals surface area (Å²) in [5.41, 5.74) is 3.92. The highest BCUT2D eigenvalue weighted by molar-refractivity contribution is 9.10. The second-order valence-electron chi connectivity index (χ2n) is 4.95. The summed E-state index contributed by atoms with van der Waals surface area (Å²) in [4.78, 5) is 0. The molecular weight excluding hydrogens is 328 g/mol. The molecule has 1 aromatic rings. The molecule has 1 fully saturated rings. The van der Waals surface area contributed by atoms with Crippen molar-refractivity contribution < 1.29 is 4.74 Å². The van der Waals surface area contributed by atoms with Gasteiger partial charge >= 0.3 is 0 Å². The monoisotopic (exact) mass is 346 g/mol. The smallest absolute Gasteiger partial charge is 0.0576 e. The molecule has 0 saturated carbocycles. The Morgan fingerprint density at radius 3 is 3.00 bits per heavy atom. The second kappa shape index (κ2) is 7.60. The molecule has 3 nitrogen and oxygen atoms in total. The van der Waals surface area contributed by atoms with Gasteiger partial charge in [-0.05, 0) is 49.8 Å². The maximum atomic E-state index is 6.26. The Morgan fingerprint density at radius 1 is 1.53 bits per heavy atom. The van der Waals surface area contributed by atoms with Gasteiger partial charge in [-0.25, -0.2) is 0 Å². The third kappa shape index (κ3) is 4.43. The highest BCUT2D eigenvalue weighted by Gasteiger charge is 2.17. The van der Waals surface area contributed by atoms with Gasteiger partial charge in [0, 0.05) is 22.1 Å². The first-order valence-electron chi connectivity index (χ1n) is 6.73. The maximum Gasteiger partial charge on any atom is 0.0576 e. The van der Waals surface area contributed by atoms with E-state index in [0.717, 1.165) is 40.9 Å². The molecule has 0 aliphatic carbocycles. The lowest BCUT2D eigenvalue weighted by atomic mass is 10.00. The molecule has 1 saturated heterocycles. The molecule has 2 unspecified atom stereocenters. The van der Waals surface area contributed by atoms with Gasteiger partial charge in [0.05, 0.1) is 6.10 Å². The molecule has 0 radical (unpaired) electrons. The van der Waals surface area contributed by atoms with E-state index in [1.807, 2.05) is 18.2 Å². The minimum Gasteiger partial charge on any atom is -0.378 e. The lowest BCUT2D eigenvalue weighted by Gasteiger charge is -2.18. The van der Waals surface area contributed by atoms with Crippen molar-refractivity contribution in [2.45, 2.75) is 44.2 Å². The largest absolute Gasteiger partial charge is 0.378 e. The van der Waals surface area contributed by atoms with Crippen molar-refractivity contribution in [1.29, 1.82) is 0 Å². The highest BCUT2D eigenvalue weighted by Crippen LogP contribution is 2.29. The fraction of sp³-hybridized carbons (Fsp3) is 0.571. The van der Waals surface area contributed by atoms with Gasteiger partial charge in [-0.15, -0.1) is 0 Å². The van der Waals surface area contributed by atoms with E-state index >= 15 is 0 Å². The van der Waals surface area contributed by atoms with Crippen LogP contribution in [0.15, 0.2) is 22.7 Å². The van der Waals surface area contributed by atoms with E-state index in [1.165, 1.54) is 12.8 Å². The minimum absolute atomic E-state index is 0.0991. The fourth-order valence-corrected chi connectivity index (χ4v) is 3.34. The van der Waals surface area contributed by atoms with E-state index in [2.05, 4.69) is 21.4 Å². The Kier molecular flexibility index (Phi) is 6.10. The number of nitrogens with one attached hydrogen (secondary N) is 1. The predicted molar refractivity (Wildman–Crippen MR) is 82.0 cm³/mol. The van der Waals surface area contributed by atoms with Crippen LogP contribution in [-0.2, 0) is 4.74 Å². The molecule has 1 aliphatic rings. The first-order chi connectivity index (χ1) is 9.20. The topological polar surface area (TPSA) is 47.3 Å². The van der Waals surface area contributed by atoms with Crippen molar-refractivity contribution in [3.63, 3.8) is 0 Å². The van der Waals surface area contributed by atoms with Crippen LogP contribution in [0.4, 0.5) is 0 Å². The van der Waals surface area contributed by atoms with E-state index in [0.29, 0.717) is 6.10 Å². The zero-order chi connectivity index (χ0) is 13.7. The van der Waals surface area contributed by atoms with Crippen LogP contribution in [0.25, 0.3) is 0 Å². The van der Waals surface area contributed by atoms with Gasteiger partial charge < -0.3 is 4.74 Å². The number of hydrogen-bond acceptors (Lipinski definition) is 3. The maximum absolute atomic E-state index is 6.26. The number of halogens is 2. The molecule has 0 bridgehead atoms. The van der Waals surface area contributed by atoms with Crippen LogP contribution >= 0.6 is 27.5 Å². The van der Waals surface area contributed by atoms with Crippen molar-refractivity contribution in [3.8, 4) is 0 Å². The van der Waals surface area contributed by atoms with Gasteiger partial charge in [0.25, 0.3) is 0 Å². The lowest BCUT2D eigenvalue weighted by molar-refractivity contribution is 0.101. The Morgan fingerprint density at radius 2 is 2.37 bits per heavy atom. The third-order valence-electron chi connectivity index (χ3n) is 3.58. The molecule has 19 heavy (non-hydrogen) atoms. The SMILES string of the molecule is NNC(CCCC1CCCO1)c1ccc(Br)cc1Cl. The van der Waals surface area contributed by atoms with Crippen LogP contribution in [-0.4, -0.2) is 12.7 Å². The molecule has 0 amide bonds. The van der Waals surface area contributed by atoms with Gasteiger partial charge in [0.1, 0.15) is 0 Å². The molecule has 0 spiro atoms. The quantitative estimate of drug-likeness (QED) is 0.605. The van der Waals surface area contributed by atoms with E-state index < -0.39 is 0 Å². The number of nitrogens with two attached hydrogens (primary N) is 1. The second-order valence-corrected chi connectivity index (χ2v) is 6.27. The van der Waals surface area contributed by atoms with Gasteiger partial charge in [-0.2, -0.15) is 0 Å². The molecule has 3 N–H and O–H groups in total. The van der Waals surface area contributed by atoms with Crippen molar-refractivity contribution in [2.75, 3.05) is 6.61 Å². The number of ether oxygens (including phenoxy) is 1. The summed E-state index contributed by atoms with van der Waals surface area (Å²) >= 11 is 9.67. The standard InChI is InChI=1S/C14H20BrClN2O/c15-10-6-7-12(13(16)9-10)14(18-17)5-1-3-11-4-2-8-19-11/h6-7,9,11,14,18H,1-5,8,17H2. The number of hydrogen-bond donors (Lipinski definition) is 2. The van der Waals surface area contributed by atoms with Crippen LogP contribution in [0.3, 0.4) is 0 Å². The van der Waals surface area contributed by atoms with Gasteiger partial charge in [-0.3, -0.25) is 11.3 Å². The summed E-state index contributed by atoms with van der Waals surface area (Å²) < 4.78 is 6.61. The van der Waals surface area contributed by atoms with Crippen LogP contribution in [0, 0.1) is 0 Å². The first kappa shape index (κ1) is 15.3. The summed E-state index contributed by atoms with van der Waals surface area (Å²) in [6.07, 6.45) is 6.00. The molecule has 2 atom stereocenters.